The van der Waals surface area contributed by atoms with Crippen molar-refractivity contribution >= 4 is 11.8 Å². The van der Waals surface area contributed by atoms with Gasteiger partial charge in [0.05, 0.1) is 12.3 Å². The number of thioether (sulfide) groups is 1. The first kappa shape index (κ1) is 16.5. The van der Waals surface area contributed by atoms with Crippen molar-refractivity contribution < 1.29 is 13.2 Å². The van der Waals surface area contributed by atoms with Crippen LogP contribution in [-0.2, 0) is 12.3 Å². The molecule has 5 heteroatoms. The maximum atomic E-state index is 12.0. The Morgan fingerprint density at radius 3 is 2.68 bits per heavy atom. The summed E-state index contributed by atoms with van der Waals surface area (Å²) in [5.74, 6) is -0.692. The van der Waals surface area contributed by atoms with Crippen LogP contribution < -0.4 is 5.32 Å². The molecule has 1 aromatic heterocycles. The van der Waals surface area contributed by atoms with Gasteiger partial charge in [-0.2, -0.15) is 8.78 Å². The molecule has 0 aliphatic carbocycles. The fourth-order valence-corrected chi connectivity index (χ4v) is 2.26. The Labute approximate surface area is 118 Å². The van der Waals surface area contributed by atoms with Gasteiger partial charge in [0.1, 0.15) is 11.5 Å². The third-order valence-electron chi connectivity index (χ3n) is 2.93. The molecule has 0 spiro atoms. The first-order valence-electron chi connectivity index (χ1n) is 6.82. The number of furan rings is 1. The summed E-state index contributed by atoms with van der Waals surface area (Å²) in [7, 11) is 0. The Morgan fingerprint density at radius 1 is 1.26 bits per heavy atom. The summed E-state index contributed by atoms with van der Waals surface area (Å²) in [6.45, 7) is 5.01. The van der Waals surface area contributed by atoms with E-state index in [4.69, 9.17) is 4.42 Å². The highest BCUT2D eigenvalue weighted by molar-refractivity contribution is 7.98. The number of nitrogens with one attached hydrogen (secondary N) is 1. The van der Waals surface area contributed by atoms with Gasteiger partial charge in [-0.3, -0.25) is 0 Å². The molecule has 0 amide bonds. The van der Waals surface area contributed by atoms with Gasteiger partial charge in [-0.05, 0) is 25.5 Å². The van der Waals surface area contributed by atoms with Gasteiger partial charge in [0, 0.05) is 6.04 Å². The quantitative estimate of drug-likeness (QED) is 0.627. The molecule has 0 aliphatic rings. The van der Waals surface area contributed by atoms with E-state index in [0.29, 0.717) is 30.1 Å². The minimum absolute atomic E-state index is 0.226. The van der Waals surface area contributed by atoms with Crippen molar-refractivity contribution in [2.75, 3.05) is 0 Å². The summed E-state index contributed by atoms with van der Waals surface area (Å²) < 4.78 is 29.6. The van der Waals surface area contributed by atoms with Gasteiger partial charge in [0.25, 0.3) is 5.76 Å². The summed E-state index contributed by atoms with van der Waals surface area (Å²) >= 11 is 0.588. The van der Waals surface area contributed by atoms with Crippen molar-refractivity contribution in [1.82, 2.24) is 5.32 Å². The molecule has 0 fully saturated rings. The highest BCUT2D eigenvalue weighted by Crippen LogP contribution is 2.21. The molecule has 2 nitrogen and oxygen atoms in total. The number of hydrogen-bond acceptors (Lipinski definition) is 3. The molecule has 1 unspecified atom stereocenters. The molecule has 0 aromatic carbocycles. The zero-order valence-corrected chi connectivity index (χ0v) is 12.4. The Bertz CT molecular complexity index is 344. The SMILES string of the molecule is CCCCCC(C)NCc1ccc(CSC(F)F)o1. The molecule has 1 N–H and O–H groups in total. The summed E-state index contributed by atoms with van der Waals surface area (Å²) in [5.41, 5.74) is 0. The maximum Gasteiger partial charge on any atom is 0.284 e. The van der Waals surface area contributed by atoms with Gasteiger partial charge < -0.3 is 9.73 Å². The summed E-state index contributed by atoms with van der Waals surface area (Å²) in [6, 6.07) is 4.08. The molecular weight excluding hydrogens is 268 g/mol. The van der Waals surface area contributed by atoms with Crippen molar-refractivity contribution in [3.63, 3.8) is 0 Å². The summed E-state index contributed by atoms with van der Waals surface area (Å²) in [4.78, 5) is 0. The normalized spacial score (nSPS) is 13.1. The Balaban J connectivity index is 2.22. The van der Waals surface area contributed by atoms with Gasteiger partial charge in [0.15, 0.2) is 0 Å². The second-order valence-electron chi connectivity index (χ2n) is 4.72. The average Bonchev–Trinajstić information content (AvgIpc) is 2.82. The Kier molecular flexibility index (Phi) is 8.14. The van der Waals surface area contributed by atoms with Crippen molar-refractivity contribution in [3.8, 4) is 0 Å². The molecule has 0 saturated heterocycles. The number of alkyl halides is 2. The lowest BCUT2D eigenvalue weighted by atomic mass is 10.1. The van der Waals surface area contributed by atoms with Crippen LogP contribution in [0.3, 0.4) is 0 Å². The minimum atomic E-state index is -2.34. The highest BCUT2D eigenvalue weighted by Gasteiger charge is 2.08. The number of hydrogen-bond donors (Lipinski definition) is 1. The first-order chi connectivity index (χ1) is 9.11. The molecule has 1 rings (SSSR count). The van der Waals surface area contributed by atoms with Gasteiger partial charge in [-0.15, -0.1) is 0 Å². The molecule has 0 radical (unpaired) electrons. The van der Waals surface area contributed by atoms with Crippen LogP contribution in [-0.4, -0.2) is 11.8 Å². The molecule has 0 bridgehead atoms. The van der Waals surface area contributed by atoms with Crippen molar-refractivity contribution in [1.29, 1.82) is 0 Å². The molecular formula is C14H23F2NOS. The standard InChI is InChI=1S/C14H23F2NOS/c1-3-4-5-6-11(2)17-9-12-7-8-13(18-12)10-19-14(15)16/h7-8,11,14,17H,3-6,9-10H2,1-2H3. The lowest BCUT2D eigenvalue weighted by molar-refractivity contribution is 0.251. The van der Waals surface area contributed by atoms with E-state index in [2.05, 4.69) is 19.2 Å². The fourth-order valence-electron chi connectivity index (χ4n) is 1.82. The lowest BCUT2D eigenvalue weighted by Crippen LogP contribution is -2.25. The monoisotopic (exact) mass is 291 g/mol. The van der Waals surface area contributed by atoms with Crippen LogP contribution in [0.4, 0.5) is 8.78 Å². The van der Waals surface area contributed by atoms with E-state index in [1.54, 1.807) is 6.07 Å². The number of halogens is 2. The van der Waals surface area contributed by atoms with Crippen LogP contribution in [0.15, 0.2) is 16.5 Å². The van der Waals surface area contributed by atoms with Gasteiger partial charge in [-0.25, -0.2) is 0 Å². The van der Waals surface area contributed by atoms with E-state index in [-0.39, 0.29) is 5.75 Å². The smallest absolute Gasteiger partial charge is 0.284 e. The van der Waals surface area contributed by atoms with Gasteiger partial charge in [0.2, 0.25) is 0 Å². The molecule has 0 aliphatic heterocycles. The van der Waals surface area contributed by atoms with Crippen molar-refractivity contribution in [2.24, 2.45) is 0 Å². The summed E-state index contributed by atoms with van der Waals surface area (Å²) in [6.07, 6.45) is 4.89. The topological polar surface area (TPSA) is 25.2 Å². The maximum absolute atomic E-state index is 12.0. The number of rotatable bonds is 10. The predicted octanol–water partition coefficient (Wildman–Crippen LogP) is 4.79. The molecule has 0 saturated carbocycles. The average molecular weight is 291 g/mol. The molecule has 1 heterocycles. The Morgan fingerprint density at radius 2 is 2.00 bits per heavy atom. The predicted molar refractivity (Wildman–Crippen MR) is 76.5 cm³/mol. The second-order valence-corrected chi connectivity index (χ2v) is 5.70. The fraction of sp³-hybridized carbons (Fsp3) is 0.714. The zero-order valence-electron chi connectivity index (χ0n) is 11.6. The lowest BCUT2D eigenvalue weighted by Gasteiger charge is -2.12. The minimum Gasteiger partial charge on any atom is -0.464 e. The van der Waals surface area contributed by atoms with Gasteiger partial charge in [-0.1, -0.05) is 37.9 Å². The van der Waals surface area contributed by atoms with Crippen LogP contribution in [0, 0.1) is 0 Å². The molecule has 1 atom stereocenters. The van der Waals surface area contributed by atoms with Crippen LogP contribution in [0.5, 0.6) is 0 Å². The largest absolute Gasteiger partial charge is 0.464 e. The molecule has 110 valence electrons. The number of unbranched alkanes of at least 4 members (excludes halogenated alkanes) is 2. The van der Waals surface area contributed by atoms with E-state index in [1.807, 2.05) is 6.07 Å². The van der Waals surface area contributed by atoms with E-state index >= 15 is 0 Å². The van der Waals surface area contributed by atoms with E-state index < -0.39 is 5.76 Å². The van der Waals surface area contributed by atoms with E-state index in [1.165, 1.54) is 19.3 Å². The zero-order chi connectivity index (χ0) is 14.1. The van der Waals surface area contributed by atoms with Crippen LogP contribution >= 0.6 is 11.8 Å². The van der Waals surface area contributed by atoms with Crippen LogP contribution in [0.1, 0.15) is 51.1 Å². The Hall–Kier alpha value is -0.550. The molecule has 19 heavy (non-hydrogen) atoms. The van der Waals surface area contributed by atoms with Crippen molar-refractivity contribution in [2.45, 2.75) is 63.6 Å². The summed E-state index contributed by atoms with van der Waals surface area (Å²) in [5, 5.41) is 3.39. The van der Waals surface area contributed by atoms with Crippen LogP contribution in [0.25, 0.3) is 0 Å². The van der Waals surface area contributed by atoms with Crippen LogP contribution in [0.2, 0.25) is 0 Å². The van der Waals surface area contributed by atoms with Crippen molar-refractivity contribution in [3.05, 3.63) is 23.7 Å². The van der Waals surface area contributed by atoms with E-state index in [0.717, 1.165) is 12.2 Å². The second kappa shape index (κ2) is 9.37. The third kappa shape index (κ3) is 7.57. The highest BCUT2D eigenvalue weighted by atomic mass is 32.2. The van der Waals surface area contributed by atoms with E-state index in [9.17, 15) is 8.78 Å². The third-order valence-corrected chi connectivity index (χ3v) is 3.64. The molecule has 1 aromatic rings. The van der Waals surface area contributed by atoms with Gasteiger partial charge >= 0.3 is 0 Å². The first-order valence-corrected chi connectivity index (χ1v) is 7.87.